The predicted molar refractivity (Wildman–Crippen MR) is 58.1 cm³/mol. The molecule has 0 saturated carbocycles. The number of rotatable bonds is 4. The number of hydrogen-bond acceptors (Lipinski definition) is 1. The summed E-state index contributed by atoms with van der Waals surface area (Å²) < 4.78 is 0. The molecule has 0 heterocycles. The number of allylic oxidation sites excluding steroid dienone is 2. The Kier molecular flexibility index (Phi) is 4.62. The van der Waals surface area contributed by atoms with Crippen molar-refractivity contribution in [1.29, 1.82) is 0 Å². The van der Waals surface area contributed by atoms with Crippen molar-refractivity contribution in [2.45, 2.75) is 19.9 Å². The Morgan fingerprint density at radius 2 is 2.00 bits per heavy atom. The van der Waals surface area contributed by atoms with E-state index < -0.39 is 0 Å². The molecule has 1 heteroatoms. The highest BCUT2D eigenvalue weighted by Gasteiger charge is 1.84. The van der Waals surface area contributed by atoms with Gasteiger partial charge in [0.15, 0.2) is 0 Å². The van der Waals surface area contributed by atoms with Crippen molar-refractivity contribution in [1.82, 2.24) is 0 Å². The van der Waals surface area contributed by atoms with Gasteiger partial charge in [0.25, 0.3) is 0 Å². The maximum Gasteiger partial charge on any atom is 0.0639 e. The predicted octanol–water partition coefficient (Wildman–Crippen LogP) is 3.22. The zero-order valence-electron chi connectivity index (χ0n) is 7.98. The van der Waals surface area contributed by atoms with E-state index >= 15 is 0 Å². The Morgan fingerprint density at radius 3 is 2.69 bits per heavy atom. The van der Waals surface area contributed by atoms with E-state index in [1.54, 1.807) is 0 Å². The maximum atomic E-state index is 4.27. The third-order valence-electron chi connectivity index (χ3n) is 1.68. The Bertz CT molecular complexity index is 272. The quantitative estimate of drug-likeness (QED) is 0.620. The number of aliphatic imine (C=N–C) groups is 1. The number of nitrogens with zero attached hydrogens (tertiary/aromatic N) is 1. The van der Waals surface area contributed by atoms with Gasteiger partial charge in [0, 0.05) is 6.21 Å². The van der Waals surface area contributed by atoms with Crippen LogP contribution in [0, 0.1) is 0 Å². The van der Waals surface area contributed by atoms with Crippen molar-refractivity contribution in [3.05, 3.63) is 48.0 Å². The SMILES string of the molecule is CC/C=C/C=NCc1ccccc1. The van der Waals surface area contributed by atoms with Crippen LogP contribution in [0.5, 0.6) is 0 Å². The highest BCUT2D eigenvalue weighted by Crippen LogP contribution is 1.99. The molecule has 0 aliphatic carbocycles. The highest BCUT2D eigenvalue weighted by molar-refractivity contribution is 5.70. The van der Waals surface area contributed by atoms with Crippen molar-refractivity contribution in [3.8, 4) is 0 Å². The summed E-state index contributed by atoms with van der Waals surface area (Å²) >= 11 is 0. The van der Waals surface area contributed by atoms with E-state index in [4.69, 9.17) is 0 Å². The first kappa shape index (κ1) is 9.72. The average molecular weight is 173 g/mol. The van der Waals surface area contributed by atoms with E-state index in [9.17, 15) is 0 Å². The smallest absolute Gasteiger partial charge is 0.0639 e. The summed E-state index contributed by atoms with van der Waals surface area (Å²) in [5.41, 5.74) is 1.25. The van der Waals surface area contributed by atoms with E-state index in [1.807, 2.05) is 30.5 Å². The van der Waals surface area contributed by atoms with Crippen LogP contribution < -0.4 is 0 Å². The third-order valence-corrected chi connectivity index (χ3v) is 1.68. The largest absolute Gasteiger partial charge is 0.288 e. The molecule has 1 aromatic rings. The maximum absolute atomic E-state index is 4.27. The molecular weight excluding hydrogens is 158 g/mol. The zero-order chi connectivity index (χ0) is 9.36. The van der Waals surface area contributed by atoms with Crippen LogP contribution in [-0.2, 0) is 6.54 Å². The molecule has 0 radical (unpaired) electrons. The van der Waals surface area contributed by atoms with Gasteiger partial charge in [0.1, 0.15) is 0 Å². The first-order valence-electron chi connectivity index (χ1n) is 4.62. The molecule has 1 aromatic carbocycles. The third kappa shape index (κ3) is 4.26. The lowest BCUT2D eigenvalue weighted by atomic mass is 10.2. The minimum absolute atomic E-state index is 0.773. The van der Waals surface area contributed by atoms with Gasteiger partial charge >= 0.3 is 0 Å². The molecule has 0 aliphatic rings. The van der Waals surface area contributed by atoms with Crippen LogP contribution in [0.2, 0.25) is 0 Å². The molecule has 13 heavy (non-hydrogen) atoms. The second-order valence-corrected chi connectivity index (χ2v) is 2.81. The summed E-state index contributed by atoms with van der Waals surface area (Å²) in [6, 6.07) is 10.3. The molecular formula is C12H15N. The van der Waals surface area contributed by atoms with Gasteiger partial charge in [-0.3, -0.25) is 4.99 Å². The lowest BCUT2D eigenvalue weighted by Gasteiger charge is -1.92. The Morgan fingerprint density at radius 1 is 1.23 bits per heavy atom. The molecule has 0 amide bonds. The summed E-state index contributed by atoms with van der Waals surface area (Å²) in [5, 5.41) is 0. The summed E-state index contributed by atoms with van der Waals surface area (Å²) in [7, 11) is 0. The van der Waals surface area contributed by atoms with E-state index in [1.165, 1.54) is 5.56 Å². The molecule has 1 rings (SSSR count). The molecule has 0 unspecified atom stereocenters. The van der Waals surface area contributed by atoms with Gasteiger partial charge in [-0.2, -0.15) is 0 Å². The van der Waals surface area contributed by atoms with Crippen molar-refractivity contribution in [2.24, 2.45) is 4.99 Å². The number of benzene rings is 1. The Balaban J connectivity index is 2.35. The Hall–Kier alpha value is -1.37. The van der Waals surface area contributed by atoms with Crippen LogP contribution in [0.1, 0.15) is 18.9 Å². The van der Waals surface area contributed by atoms with Crippen molar-refractivity contribution in [2.75, 3.05) is 0 Å². The lowest BCUT2D eigenvalue weighted by molar-refractivity contribution is 1.08. The molecule has 0 N–H and O–H groups in total. The minimum atomic E-state index is 0.773. The van der Waals surface area contributed by atoms with E-state index in [0.717, 1.165) is 13.0 Å². The molecule has 0 saturated heterocycles. The highest BCUT2D eigenvalue weighted by atomic mass is 14.7. The van der Waals surface area contributed by atoms with Gasteiger partial charge in [-0.05, 0) is 18.1 Å². The van der Waals surface area contributed by atoms with Crippen molar-refractivity contribution < 1.29 is 0 Å². The molecule has 0 aliphatic heterocycles. The summed E-state index contributed by atoms with van der Waals surface area (Å²) in [6.45, 7) is 2.89. The standard InChI is InChI=1S/C12H15N/c1-2-3-7-10-13-11-12-8-5-4-6-9-12/h3-10H,2,11H2,1H3/b7-3+,13-10?. The van der Waals surface area contributed by atoms with Crippen LogP contribution in [-0.4, -0.2) is 6.21 Å². The first-order chi connectivity index (χ1) is 6.43. The molecule has 0 aromatic heterocycles. The van der Waals surface area contributed by atoms with E-state index in [-0.39, 0.29) is 0 Å². The zero-order valence-corrected chi connectivity index (χ0v) is 7.98. The molecule has 0 fully saturated rings. The monoisotopic (exact) mass is 173 g/mol. The van der Waals surface area contributed by atoms with Crippen molar-refractivity contribution in [3.63, 3.8) is 0 Å². The fourth-order valence-corrected chi connectivity index (χ4v) is 0.999. The summed E-state index contributed by atoms with van der Waals surface area (Å²) in [6.07, 6.45) is 7.01. The summed E-state index contributed by atoms with van der Waals surface area (Å²) in [5.74, 6) is 0. The van der Waals surface area contributed by atoms with E-state index in [0.29, 0.717) is 0 Å². The molecule has 0 bridgehead atoms. The molecule has 68 valence electrons. The van der Waals surface area contributed by atoms with E-state index in [2.05, 4.69) is 30.1 Å². The van der Waals surface area contributed by atoms with Crippen LogP contribution >= 0.6 is 0 Å². The van der Waals surface area contributed by atoms with Gasteiger partial charge in [-0.25, -0.2) is 0 Å². The van der Waals surface area contributed by atoms with Crippen LogP contribution in [0.3, 0.4) is 0 Å². The lowest BCUT2D eigenvalue weighted by Crippen LogP contribution is -1.79. The summed E-state index contributed by atoms with van der Waals surface area (Å²) in [4.78, 5) is 4.27. The fraction of sp³-hybridized carbons (Fsp3) is 0.250. The van der Waals surface area contributed by atoms with Crippen LogP contribution in [0.15, 0.2) is 47.5 Å². The normalized spacial score (nSPS) is 11.5. The van der Waals surface area contributed by atoms with Gasteiger partial charge < -0.3 is 0 Å². The topological polar surface area (TPSA) is 12.4 Å². The van der Waals surface area contributed by atoms with Gasteiger partial charge in [-0.15, -0.1) is 0 Å². The Labute approximate surface area is 79.8 Å². The average Bonchev–Trinajstić information content (AvgIpc) is 2.19. The van der Waals surface area contributed by atoms with Crippen LogP contribution in [0.4, 0.5) is 0 Å². The van der Waals surface area contributed by atoms with Crippen LogP contribution in [0.25, 0.3) is 0 Å². The first-order valence-corrected chi connectivity index (χ1v) is 4.62. The molecule has 0 atom stereocenters. The van der Waals surface area contributed by atoms with Gasteiger partial charge in [0.05, 0.1) is 6.54 Å². The second kappa shape index (κ2) is 6.18. The minimum Gasteiger partial charge on any atom is -0.288 e. The molecule has 1 nitrogen and oxygen atoms in total. The van der Waals surface area contributed by atoms with Crippen molar-refractivity contribution >= 4 is 6.21 Å². The number of hydrogen-bond donors (Lipinski definition) is 0. The van der Waals surface area contributed by atoms with Gasteiger partial charge in [0.2, 0.25) is 0 Å². The second-order valence-electron chi connectivity index (χ2n) is 2.81. The molecule has 0 spiro atoms. The van der Waals surface area contributed by atoms with Gasteiger partial charge in [-0.1, -0.05) is 43.3 Å². The fourth-order valence-electron chi connectivity index (χ4n) is 0.999.